The molecule has 4 bridgehead atoms. The molecule has 0 aliphatic heterocycles. The number of hydrogen-bond acceptors (Lipinski definition) is 3. The Morgan fingerprint density at radius 2 is 1.54 bits per heavy atom. The number of carbonyl (C=O) groups is 2. The summed E-state index contributed by atoms with van der Waals surface area (Å²) in [5, 5.41) is 6.07. The summed E-state index contributed by atoms with van der Waals surface area (Å²) in [5.41, 5.74) is 5.54. The average molecular weight is 386 g/mol. The lowest BCUT2D eigenvalue weighted by atomic mass is 9.49. The summed E-state index contributed by atoms with van der Waals surface area (Å²) in [7, 11) is 0. The number of amides is 2. The third kappa shape index (κ3) is 4.53. The number of rotatable bonds is 7. The van der Waals surface area contributed by atoms with Crippen LogP contribution in [0.15, 0.2) is 0 Å². The number of nitrogens with one attached hydrogen (secondary N) is 2. The molecule has 6 heteroatoms. The van der Waals surface area contributed by atoms with E-state index in [0.29, 0.717) is 6.54 Å². The highest BCUT2D eigenvalue weighted by atomic mass is 35.5. The summed E-state index contributed by atoms with van der Waals surface area (Å²) < 4.78 is 0. The van der Waals surface area contributed by atoms with Gasteiger partial charge < -0.3 is 16.4 Å². The molecule has 4 aliphatic rings. The van der Waals surface area contributed by atoms with Gasteiger partial charge in [0.15, 0.2) is 0 Å². The van der Waals surface area contributed by atoms with Crippen LogP contribution in [0.5, 0.6) is 0 Å². The molecule has 2 atom stereocenters. The maximum Gasteiger partial charge on any atom is 0.242 e. The Labute approximate surface area is 164 Å². The molecule has 0 aromatic carbocycles. The van der Waals surface area contributed by atoms with Crippen LogP contribution < -0.4 is 16.4 Å². The zero-order valence-electron chi connectivity index (χ0n) is 16.4. The van der Waals surface area contributed by atoms with Gasteiger partial charge in [0.25, 0.3) is 0 Å². The van der Waals surface area contributed by atoms with Crippen LogP contribution in [-0.4, -0.2) is 30.4 Å². The first kappa shape index (κ1) is 21.5. The summed E-state index contributed by atoms with van der Waals surface area (Å²) in [4.78, 5) is 25.7. The van der Waals surface area contributed by atoms with Crippen molar-refractivity contribution in [3.8, 4) is 0 Å². The van der Waals surface area contributed by atoms with Crippen molar-refractivity contribution < 1.29 is 9.59 Å². The van der Waals surface area contributed by atoms with E-state index in [1.807, 2.05) is 20.8 Å². The van der Waals surface area contributed by atoms with Crippen molar-refractivity contribution in [2.75, 3.05) is 6.54 Å². The van der Waals surface area contributed by atoms with Crippen LogP contribution in [-0.2, 0) is 9.59 Å². The van der Waals surface area contributed by atoms with Crippen LogP contribution in [0.4, 0.5) is 0 Å². The standard InChI is InChI=1S/C20H35N3O2.ClH/c1-12(2)17(18(24)22-5-4-13(3)21)23-19(25)20-9-14-6-15(10-20)8-16(7-14)11-20;/h12-17H,4-11,21H2,1-3H3,(H,22,24)(H,23,25);1H. The fourth-order valence-corrected chi connectivity index (χ4v) is 5.75. The summed E-state index contributed by atoms with van der Waals surface area (Å²) in [6, 6.07) is -0.381. The predicted molar refractivity (Wildman–Crippen MR) is 106 cm³/mol. The van der Waals surface area contributed by atoms with E-state index in [9.17, 15) is 9.59 Å². The van der Waals surface area contributed by atoms with E-state index in [1.165, 1.54) is 19.3 Å². The van der Waals surface area contributed by atoms with Crippen molar-refractivity contribution in [1.82, 2.24) is 10.6 Å². The highest BCUT2D eigenvalue weighted by Crippen LogP contribution is 2.60. The second kappa shape index (κ2) is 8.47. The quantitative estimate of drug-likeness (QED) is 0.629. The molecule has 0 spiro atoms. The smallest absolute Gasteiger partial charge is 0.242 e. The summed E-state index contributed by atoms with van der Waals surface area (Å²) in [6.45, 7) is 6.49. The summed E-state index contributed by atoms with van der Waals surface area (Å²) in [6.07, 6.45) is 7.79. The highest BCUT2D eigenvalue weighted by molar-refractivity contribution is 5.90. The molecule has 0 aromatic rings. The molecule has 4 saturated carbocycles. The van der Waals surface area contributed by atoms with Crippen molar-refractivity contribution in [2.24, 2.45) is 34.8 Å². The Hall–Kier alpha value is -0.810. The molecule has 150 valence electrons. The van der Waals surface area contributed by atoms with Crippen LogP contribution in [0.3, 0.4) is 0 Å². The fraction of sp³-hybridized carbons (Fsp3) is 0.900. The normalized spacial score (nSPS) is 34.1. The molecular formula is C20H36ClN3O2. The number of hydrogen-bond donors (Lipinski definition) is 3. The second-order valence-corrected chi connectivity index (χ2v) is 9.45. The summed E-state index contributed by atoms with van der Waals surface area (Å²) >= 11 is 0. The Balaban J connectivity index is 0.00000243. The molecule has 0 saturated heterocycles. The average Bonchev–Trinajstić information content (AvgIpc) is 2.50. The molecular weight excluding hydrogens is 350 g/mol. The third-order valence-corrected chi connectivity index (χ3v) is 6.65. The van der Waals surface area contributed by atoms with Gasteiger partial charge in [-0.05, 0) is 75.5 Å². The largest absolute Gasteiger partial charge is 0.354 e. The minimum atomic E-state index is -0.450. The Morgan fingerprint density at radius 3 is 1.96 bits per heavy atom. The van der Waals surface area contributed by atoms with Gasteiger partial charge in [-0.1, -0.05) is 13.8 Å². The number of nitrogens with two attached hydrogens (primary N) is 1. The molecule has 2 amide bonds. The van der Waals surface area contributed by atoms with Crippen molar-refractivity contribution in [3.63, 3.8) is 0 Å². The van der Waals surface area contributed by atoms with Gasteiger partial charge in [-0.2, -0.15) is 0 Å². The maximum atomic E-state index is 13.2. The zero-order chi connectivity index (χ0) is 18.2. The molecule has 5 nitrogen and oxygen atoms in total. The Bertz CT molecular complexity index is 486. The van der Waals surface area contributed by atoms with Gasteiger partial charge in [0.1, 0.15) is 6.04 Å². The monoisotopic (exact) mass is 385 g/mol. The zero-order valence-corrected chi connectivity index (χ0v) is 17.2. The SMILES string of the molecule is CC(N)CCNC(=O)C(NC(=O)C12CC3CC(CC(C3)C1)C2)C(C)C.Cl. The van der Waals surface area contributed by atoms with Crippen LogP contribution in [0.2, 0.25) is 0 Å². The van der Waals surface area contributed by atoms with E-state index in [2.05, 4.69) is 10.6 Å². The topological polar surface area (TPSA) is 84.2 Å². The van der Waals surface area contributed by atoms with E-state index >= 15 is 0 Å². The first-order chi connectivity index (χ1) is 11.8. The first-order valence-corrected chi connectivity index (χ1v) is 10.1. The predicted octanol–water partition coefficient (Wildman–Crippen LogP) is 2.62. The molecule has 4 fully saturated rings. The lowest BCUT2D eigenvalue weighted by Crippen LogP contribution is -2.58. The second-order valence-electron chi connectivity index (χ2n) is 9.45. The van der Waals surface area contributed by atoms with Gasteiger partial charge in [-0.15, -0.1) is 12.4 Å². The molecule has 2 unspecified atom stereocenters. The lowest BCUT2D eigenvalue weighted by molar-refractivity contribution is -0.149. The molecule has 4 aliphatic carbocycles. The van der Waals surface area contributed by atoms with Crippen molar-refractivity contribution >= 4 is 24.2 Å². The van der Waals surface area contributed by atoms with Crippen LogP contribution in [0, 0.1) is 29.1 Å². The Kier molecular flexibility index (Phi) is 7.00. The third-order valence-electron chi connectivity index (χ3n) is 6.65. The molecule has 0 radical (unpaired) electrons. The van der Waals surface area contributed by atoms with E-state index in [4.69, 9.17) is 5.73 Å². The van der Waals surface area contributed by atoms with Crippen LogP contribution in [0.1, 0.15) is 65.7 Å². The first-order valence-electron chi connectivity index (χ1n) is 10.1. The fourth-order valence-electron chi connectivity index (χ4n) is 5.75. The molecule has 0 aromatic heterocycles. The molecule has 0 heterocycles. The van der Waals surface area contributed by atoms with Gasteiger partial charge >= 0.3 is 0 Å². The molecule has 26 heavy (non-hydrogen) atoms. The van der Waals surface area contributed by atoms with Gasteiger partial charge in [-0.3, -0.25) is 9.59 Å². The van der Waals surface area contributed by atoms with E-state index in [-0.39, 0.29) is 41.6 Å². The van der Waals surface area contributed by atoms with Crippen LogP contribution >= 0.6 is 12.4 Å². The number of carbonyl (C=O) groups excluding carboxylic acids is 2. The Morgan fingerprint density at radius 1 is 1.04 bits per heavy atom. The van der Waals surface area contributed by atoms with E-state index < -0.39 is 6.04 Å². The minimum Gasteiger partial charge on any atom is -0.354 e. The maximum absolute atomic E-state index is 13.2. The lowest BCUT2D eigenvalue weighted by Gasteiger charge is -2.55. The van der Waals surface area contributed by atoms with Crippen molar-refractivity contribution in [3.05, 3.63) is 0 Å². The van der Waals surface area contributed by atoms with Crippen molar-refractivity contribution in [1.29, 1.82) is 0 Å². The van der Waals surface area contributed by atoms with Gasteiger partial charge in [0, 0.05) is 18.0 Å². The van der Waals surface area contributed by atoms with Gasteiger partial charge in [-0.25, -0.2) is 0 Å². The highest BCUT2D eigenvalue weighted by Gasteiger charge is 2.55. The number of halogens is 1. The molecule has 4 rings (SSSR count). The summed E-state index contributed by atoms with van der Waals surface area (Å²) in [5.74, 6) is 2.33. The van der Waals surface area contributed by atoms with E-state index in [1.54, 1.807) is 0 Å². The van der Waals surface area contributed by atoms with Crippen LogP contribution in [0.25, 0.3) is 0 Å². The van der Waals surface area contributed by atoms with Crippen molar-refractivity contribution in [2.45, 2.75) is 77.8 Å². The minimum absolute atomic E-state index is 0. The molecule has 4 N–H and O–H groups in total. The van der Waals surface area contributed by atoms with E-state index in [0.717, 1.165) is 43.4 Å². The van der Waals surface area contributed by atoms with Gasteiger partial charge in [0.2, 0.25) is 11.8 Å². The van der Waals surface area contributed by atoms with Gasteiger partial charge in [0.05, 0.1) is 0 Å².